The molecular weight excluding hydrogens is 324 g/mol. The third kappa shape index (κ3) is 185. The first-order chi connectivity index (χ1) is 13.0. The van der Waals surface area contributed by atoms with Crippen molar-refractivity contribution in [2.45, 2.75) is 179 Å². The molecule has 0 aliphatic heterocycles. The number of hydrogen-bond donors (Lipinski definition) is 0. The molecule has 0 fully saturated rings. The smallest absolute Gasteiger partial charge is 0.0536 e. The topological polar surface area (TPSA) is 0 Å². The molecule has 0 spiro atoms. The first kappa shape index (κ1) is 41.4. The Bertz CT molecular complexity index is 95.2. The van der Waals surface area contributed by atoms with Crippen molar-refractivity contribution in [3.8, 4) is 0 Å². The van der Waals surface area contributed by atoms with Crippen molar-refractivity contribution in [1.29, 1.82) is 0 Å². The molecule has 174 valence electrons. The van der Waals surface area contributed by atoms with E-state index in [0.717, 1.165) is 0 Å². The maximum atomic E-state index is 2.23. The Morgan fingerprint density at radius 2 is 0.370 bits per heavy atom. The van der Waals surface area contributed by atoms with Gasteiger partial charge >= 0.3 is 0 Å². The molecule has 0 aliphatic carbocycles. The molecule has 0 aromatic heterocycles. The summed E-state index contributed by atoms with van der Waals surface area (Å²) in [5.74, 6) is 0. The fourth-order valence-corrected chi connectivity index (χ4v) is 1.21. The lowest BCUT2D eigenvalue weighted by atomic mass is 10.2. The predicted molar refractivity (Wildman–Crippen MR) is 137 cm³/mol. The van der Waals surface area contributed by atoms with E-state index >= 15 is 0 Å². The summed E-state index contributed by atoms with van der Waals surface area (Å²) in [4.78, 5) is 0. The van der Waals surface area contributed by atoms with Gasteiger partial charge < -0.3 is 0 Å². The van der Waals surface area contributed by atoms with Crippen LogP contribution in [0.3, 0.4) is 0 Å². The zero-order chi connectivity index (χ0) is 22.6. The molecule has 0 aromatic rings. The zero-order valence-corrected chi connectivity index (χ0v) is 22.6. The Kier molecular flexibility index (Phi) is 111. The highest BCUT2D eigenvalue weighted by molar-refractivity contribution is 4.31. The summed E-state index contributed by atoms with van der Waals surface area (Å²) in [7, 11) is 0. The Morgan fingerprint density at radius 3 is 0.407 bits per heavy atom. The summed E-state index contributed by atoms with van der Waals surface area (Å²) in [6, 6.07) is 0. The summed E-state index contributed by atoms with van der Waals surface area (Å²) in [5, 5.41) is 0. The zero-order valence-electron chi connectivity index (χ0n) is 22.6. The van der Waals surface area contributed by atoms with Crippen LogP contribution in [-0.2, 0) is 0 Å². The average Bonchev–Trinajstić information content (AvgIpc) is 2.69. The molecule has 27 heavy (non-hydrogen) atoms. The van der Waals surface area contributed by atoms with Gasteiger partial charge in [-0.05, 0) is 0 Å². The lowest BCUT2D eigenvalue weighted by molar-refractivity contribution is 0.702. The van der Waals surface area contributed by atoms with E-state index in [0.29, 0.717) is 0 Å². The van der Waals surface area contributed by atoms with Gasteiger partial charge in [-0.25, -0.2) is 0 Å². The molecule has 0 aliphatic rings. The van der Waals surface area contributed by atoms with Crippen molar-refractivity contribution in [2.75, 3.05) is 0 Å². The van der Waals surface area contributed by atoms with Crippen LogP contribution in [0.5, 0.6) is 0 Å². The summed E-state index contributed by atoms with van der Waals surface area (Å²) >= 11 is 0. The highest BCUT2D eigenvalue weighted by Crippen LogP contribution is 1.95. The third-order valence-electron chi connectivity index (χ3n) is 3.37. The van der Waals surface area contributed by atoms with E-state index in [-0.39, 0.29) is 0 Å². The Balaban J connectivity index is -0.0000000497. The molecule has 0 nitrogen and oxygen atoms in total. The Labute approximate surface area is 179 Å². The minimum atomic E-state index is 1.25. The summed E-state index contributed by atoms with van der Waals surface area (Å²) in [6.45, 7) is 26.3. The molecule has 0 N–H and O–H groups in total. The molecule has 0 atom stereocenters. The lowest BCUT2D eigenvalue weighted by Crippen LogP contribution is -1.66. The van der Waals surface area contributed by atoms with Gasteiger partial charge in [0.25, 0.3) is 0 Å². The second-order valence-corrected chi connectivity index (χ2v) is 7.12. The highest BCUT2D eigenvalue weighted by atomic mass is 13.8. The van der Waals surface area contributed by atoms with E-state index in [1.165, 1.54) is 96.3 Å². The maximum absolute atomic E-state index is 2.23. The fraction of sp³-hybridized carbons (Fsp3) is 1.00. The molecule has 0 heterocycles. The largest absolute Gasteiger partial charge is 0.0656 e. The van der Waals surface area contributed by atoms with Gasteiger partial charge in [0.1, 0.15) is 0 Å². The Hall–Kier alpha value is 0. The molecule has 0 unspecified atom stereocenters. The first-order valence-corrected chi connectivity index (χ1v) is 13.0. The van der Waals surface area contributed by atoms with Crippen LogP contribution in [0.4, 0.5) is 0 Å². The van der Waals surface area contributed by atoms with Gasteiger partial charge in [-0.2, -0.15) is 0 Å². The van der Waals surface area contributed by atoms with Crippen molar-refractivity contribution in [2.24, 2.45) is 0 Å². The quantitative estimate of drug-likeness (QED) is 0.343. The molecule has 0 radical (unpaired) electrons. The minimum absolute atomic E-state index is 1.25. The second kappa shape index (κ2) is 72.2. The SMILES string of the molecule is CCC.CCCC.CCCC.CCCCC.CCCCC.CCCCCC. The van der Waals surface area contributed by atoms with E-state index in [2.05, 4.69) is 83.1 Å². The van der Waals surface area contributed by atoms with Crippen LogP contribution in [0.2, 0.25) is 0 Å². The third-order valence-corrected chi connectivity index (χ3v) is 3.37. The van der Waals surface area contributed by atoms with Crippen molar-refractivity contribution in [3.63, 3.8) is 0 Å². The molecule has 0 saturated carbocycles. The summed E-state index contributed by atoms with van der Waals surface area (Å²) < 4.78 is 0. The minimum Gasteiger partial charge on any atom is -0.0656 e. The molecule has 0 aromatic carbocycles. The molecule has 0 amide bonds. The predicted octanol–water partition coefficient (Wildman–Crippen LogP) is 12.0. The van der Waals surface area contributed by atoms with Crippen molar-refractivity contribution >= 4 is 0 Å². The highest BCUT2D eigenvalue weighted by Gasteiger charge is 1.75. The van der Waals surface area contributed by atoms with Gasteiger partial charge in [-0.15, -0.1) is 0 Å². The average molecular weight is 391 g/mol. The van der Waals surface area contributed by atoms with E-state index < -0.39 is 0 Å². The van der Waals surface area contributed by atoms with E-state index in [1.807, 2.05) is 0 Å². The van der Waals surface area contributed by atoms with Crippen LogP contribution in [0, 0.1) is 0 Å². The van der Waals surface area contributed by atoms with E-state index in [4.69, 9.17) is 0 Å². The van der Waals surface area contributed by atoms with Crippen LogP contribution in [0.1, 0.15) is 179 Å². The number of hydrogen-bond acceptors (Lipinski definition) is 0. The first-order valence-electron chi connectivity index (χ1n) is 13.0. The molecule has 0 rings (SSSR count). The van der Waals surface area contributed by atoms with Gasteiger partial charge in [0.05, 0.1) is 0 Å². The van der Waals surface area contributed by atoms with Gasteiger partial charge in [0, 0.05) is 0 Å². The van der Waals surface area contributed by atoms with Gasteiger partial charge in [-0.1, -0.05) is 179 Å². The summed E-state index contributed by atoms with van der Waals surface area (Å²) in [5.41, 5.74) is 0. The van der Waals surface area contributed by atoms with Gasteiger partial charge in [-0.3, -0.25) is 0 Å². The number of rotatable bonds is 9. The van der Waals surface area contributed by atoms with Gasteiger partial charge in [0.15, 0.2) is 0 Å². The summed E-state index contributed by atoms with van der Waals surface area (Å²) in [6.07, 6.45) is 20.2. The molecule has 0 bridgehead atoms. The van der Waals surface area contributed by atoms with Crippen LogP contribution in [0.25, 0.3) is 0 Å². The second-order valence-electron chi connectivity index (χ2n) is 7.12. The van der Waals surface area contributed by atoms with Crippen molar-refractivity contribution < 1.29 is 0 Å². The van der Waals surface area contributed by atoms with E-state index in [1.54, 1.807) is 0 Å². The van der Waals surface area contributed by atoms with Crippen LogP contribution in [0.15, 0.2) is 0 Å². The fourth-order valence-electron chi connectivity index (χ4n) is 1.21. The number of unbranched alkanes of at least 4 members (excludes halogenated alkanes) is 9. The molecule has 0 saturated heterocycles. The van der Waals surface area contributed by atoms with Crippen LogP contribution < -0.4 is 0 Å². The van der Waals surface area contributed by atoms with E-state index in [9.17, 15) is 0 Å². The monoisotopic (exact) mass is 391 g/mol. The van der Waals surface area contributed by atoms with Gasteiger partial charge in [0.2, 0.25) is 0 Å². The molecular formula is C27H66. The normalized spacial score (nSPS) is 8.00. The van der Waals surface area contributed by atoms with Crippen molar-refractivity contribution in [3.05, 3.63) is 0 Å². The van der Waals surface area contributed by atoms with Crippen LogP contribution >= 0.6 is 0 Å². The standard InChI is InChI=1S/C6H14.2C5H12.2C4H10.C3H8/c1-3-5-6-4-2;2*1-3-5-4-2;2*1-3-4-2;1-3-2/h3-6H2,1-2H3;2*3-5H2,1-2H3;2*3-4H2,1-2H3;3H2,1-2H3. The van der Waals surface area contributed by atoms with Crippen LogP contribution in [-0.4, -0.2) is 0 Å². The maximum Gasteiger partial charge on any atom is -0.0536 e. The van der Waals surface area contributed by atoms with Crippen molar-refractivity contribution in [1.82, 2.24) is 0 Å². The Morgan fingerprint density at radius 1 is 0.222 bits per heavy atom. The lowest BCUT2D eigenvalue weighted by Gasteiger charge is -1.86. The molecule has 0 heteroatoms.